The summed E-state index contributed by atoms with van der Waals surface area (Å²) in [5, 5.41) is 10.5. The van der Waals surface area contributed by atoms with Crippen LogP contribution in [0.2, 0.25) is 0 Å². The quantitative estimate of drug-likeness (QED) is 0.762. The monoisotopic (exact) mass is 419 g/mol. The molecule has 0 spiro atoms. The zero-order valence-corrected chi connectivity index (χ0v) is 18.9. The summed E-state index contributed by atoms with van der Waals surface area (Å²) in [4.78, 5) is 24.1. The van der Waals surface area contributed by atoms with Crippen LogP contribution in [0.1, 0.15) is 43.2 Å². The van der Waals surface area contributed by atoms with Crippen molar-refractivity contribution in [2.75, 3.05) is 46.8 Å². The molecule has 0 aliphatic carbocycles. The second-order valence-electron chi connectivity index (χ2n) is 9.52. The van der Waals surface area contributed by atoms with Gasteiger partial charge in [0.25, 0.3) is 0 Å². The number of piperidine rings is 2. The number of carbonyl (C=O) groups is 1. The third-order valence-electron chi connectivity index (χ3n) is 7.01. The highest BCUT2D eigenvalue weighted by Crippen LogP contribution is 2.34. The first-order chi connectivity index (χ1) is 15.0. The van der Waals surface area contributed by atoms with Gasteiger partial charge < -0.3 is 9.80 Å². The molecule has 31 heavy (non-hydrogen) atoms. The second-order valence-corrected chi connectivity index (χ2v) is 9.52. The first kappa shape index (κ1) is 21.7. The molecule has 2 aromatic rings. The summed E-state index contributed by atoms with van der Waals surface area (Å²) in [6.45, 7) is 6.33. The average molecular weight is 420 g/mol. The number of pyridine rings is 1. The Kier molecular flexibility index (Phi) is 6.54. The number of hydrogen-bond acceptors (Lipinski definition) is 5. The summed E-state index contributed by atoms with van der Waals surface area (Å²) in [5.74, 6) is 1.13. The lowest BCUT2D eigenvalue weighted by molar-refractivity contribution is -0.134. The molecule has 0 saturated carbocycles. The summed E-state index contributed by atoms with van der Waals surface area (Å²) < 4.78 is 0. The lowest BCUT2D eigenvalue weighted by atomic mass is 9.83. The molecular formula is C25H33N5O. The fourth-order valence-corrected chi connectivity index (χ4v) is 5.38. The van der Waals surface area contributed by atoms with Gasteiger partial charge in [0.15, 0.2) is 0 Å². The van der Waals surface area contributed by atoms with Gasteiger partial charge in [-0.25, -0.2) is 0 Å². The first-order valence-electron chi connectivity index (χ1n) is 11.4. The standard InChI is InChI=1S/C25H33N5O/c1-18-13-20(22-7-6-19(14-26)25-23(22)5-4-10-27-25)16-29(15-18)17-24(31)30-11-8-21(9-12-30)28(2)3/h4-7,10,18,20-21H,8-9,11-13,15-17H2,1-3H3/t18-,20+/m1/s1. The molecular weight excluding hydrogens is 386 g/mol. The number of nitriles is 1. The molecule has 2 saturated heterocycles. The predicted molar refractivity (Wildman–Crippen MR) is 123 cm³/mol. The van der Waals surface area contributed by atoms with Crippen molar-refractivity contribution in [1.82, 2.24) is 19.7 Å². The SMILES string of the molecule is C[C@@H]1C[C@H](c2ccc(C#N)c3ncccc23)CN(CC(=O)N2CCC(N(C)C)CC2)C1. The van der Waals surface area contributed by atoms with Crippen LogP contribution in [0.4, 0.5) is 0 Å². The minimum Gasteiger partial charge on any atom is -0.341 e. The van der Waals surface area contributed by atoms with Crippen molar-refractivity contribution < 1.29 is 4.79 Å². The summed E-state index contributed by atoms with van der Waals surface area (Å²) in [7, 11) is 4.25. The number of hydrogen-bond donors (Lipinski definition) is 0. The Labute approximate surface area is 185 Å². The third-order valence-corrected chi connectivity index (χ3v) is 7.01. The number of amides is 1. The van der Waals surface area contributed by atoms with Gasteiger partial charge in [0.2, 0.25) is 5.91 Å². The van der Waals surface area contributed by atoms with E-state index in [1.807, 2.05) is 12.1 Å². The topological polar surface area (TPSA) is 63.5 Å². The van der Waals surface area contributed by atoms with E-state index in [1.165, 1.54) is 5.56 Å². The maximum atomic E-state index is 13.0. The highest BCUT2D eigenvalue weighted by molar-refractivity contribution is 5.87. The Morgan fingerprint density at radius 1 is 1.23 bits per heavy atom. The Hall–Kier alpha value is -2.49. The largest absolute Gasteiger partial charge is 0.341 e. The van der Waals surface area contributed by atoms with Crippen molar-refractivity contribution in [2.45, 2.75) is 38.1 Å². The Balaban J connectivity index is 1.47. The van der Waals surface area contributed by atoms with Crippen LogP contribution in [0.15, 0.2) is 30.5 Å². The Bertz CT molecular complexity index is 974. The second kappa shape index (κ2) is 9.33. The Morgan fingerprint density at radius 3 is 2.71 bits per heavy atom. The normalized spacial score (nSPS) is 23.3. The molecule has 0 bridgehead atoms. The van der Waals surface area contributed by atoms with Crippen molar-refractivity contribution in [1.29, 1.82) is 5.26 Å². The van der Waals surface area contributed by atoms with E-state index >= 15 is 0 Å². The molecule has 0 radical (unpaired) electrons. The fraction of sp³-hybridized carbons (Fsp3) is 0.560. The number of aromatic nitrogens is 1. The smallest absolute Gasteiger partial charge is 0.236 e. The van der Waals surface area contributed by atoms with Crippen LogP contribution < -0.4 is 0 Å². The molecule has 6 heteroatoms. The molecule has 0 unspecified atom stereocenters. The van der Waals surface area contributed by atoms with Crippen LogP contribution in [-0.2, 0) is 4.79 Å². The number of fused-ring (bicyclic) bond motifs is 1. The fourth-order valence-electron chi connectivity index (χ4n) is 5.38. The Morgan fingerprint density at radius 2 is 2.00 bits per heavy atom. The number of rotatable bonds is 4. The van der Waals surface area contributed by atoms with Crippen molar-refractivity contribution in [3.63, 3.8) is 0 Å². The first-order valence-corrected chi connectivity index (χ1v) is 11.4. The zero-order valence-electron chi connectivity index (χ0n) is 18.9. The van der Waals surface area contributed by atoms with E-state index < -0.39 is 0 Å². The lowest BCUT2D eigenvalue weighted by Gasteiger charge is -2.39. The highest BCUT2D eigenvalue weighted by Gasteiger charge is 2.30. The van der Waals surface area contributed by atoms with Gasteiger partial charge in [-0.1, -0.05) is 19.1 Å². The molecule has 4 rings (SSSR count). The van der Waals surface area contributed by atoms with Crippen molar-refractivity contribution in [3.8, 4) is 6.07 Å². The minimum absolute atomic E-state index is 0.261. The molecule has 2 atom stereocenters. The molecule has 3 heterocycles. The maximum Gasteiger partial charge on any atom is 0.236 e. The molecule has 1 amide bonds. The van der Waals surface area contributed by atoms with E-state index in [2.05, 4.69) is 58.9 Å². The number of nitrogens with zero attached hydrogens (tertiary/aromatic N) is 5. The molecule has 1 aromatic carbocycles. The van der Waals surface area contributed by atoms with Crippen LogP contribution in [-0.4, -0.2) is 78.5 Å². The van der Waals surface area contributed by atoms with Crippen molar-refractivity contribution in [3.05, 3.63) is 41.6 Å². The van der Waals surface area contributed by atoms with Gasteiger partial charge in [-0.3, -0.25) is 14.7 Å². The molecule has 0 N–H and O–H groups in total. The molecule has 6 nitrogen and oxygen atoms in total. The lowest BCUT2D eigenvalue weighted by Crippen LogP contribution is -2.49. The van der Waals surface area contributed by atoms with E-state index in [1.54, 1.807) is 6.20 Å². The van der Waals surface area contributed by atoms with Gasteiger partial charge in [0.05, 0.1) is 17.6 Å². The number of carbonyl (C=O) groups excluding carboxylic acids is 1. The third kappa shape index (κ3) is 4.73. The van der Waals surface area contributed by atoms with Gasteiger partial charge in [-0.05, 0) is 62.9 Å². The van der Waals surface area contributed by atoms with Crippen molar-refractivity contribution in [2.24, 2.45) is 5.92 Å². The zero-order chi connectivity index (χ0) is 22.0. The van der Waals surface area contributed by atoms with Crippen LogP contribution >= 0.6 is 0 Å². The number of benzene rings is 1. The highest BCUT2D eigenvalue weighted by atomic mass is 16.2. The van der Waals surface area contributed by atoms with Gasteiger partial charge >= 0.3 is 0 Å². The van der Waals surface area contributed by atoms with Gasteiger partial charge in [-0.15, -0.1) is 0 Å². The van der Waals surface area contributed by atoms with Crippen LogP contribution in [0, 0.1) is 17.2 Å². The van der Waals surface area contributed by atoms with E-state index in [4.69, 9.17) is 0 Å². The summed E-state index contributed by atoms with van der Waals surface area (Å²) >= 11 is 0. The van der Waals surface area contributed by atoms with Gasteiger partial charge in [0, 0.05) is 43.8 Å². The summed E-state index contributed by atoms with van der Waals surface area (Å²) in [6.07, 6.45) is 4.96. The summed E-state index contributed by atoms with van der Waals surface area (Å²) in [6, 6.07) is 10.9. The van der Waals surface area contributed by atoms with Gasteiger partial charge in [-0.2, -0.15) is 5.26 Å². The molecule has 1 aromatic heterocycles. The maximum absolute atomic E-state index is 13.0. The van der Waals surface area contributed by atoms with E-state index in [0.29, 0.717) is 30.0 Å². The number of likely N-dealkylation sites (tertiary alicyclic amines) is 2. The minimum atomic E-state index is 0.261. The molecule has 2 aliphatic rings. The predicted octanol–water partition coefficient (Wildman–Crippen LogP) is 3.08. The molecule has 164 valence electrons. The van der Waals surface area contributed by atoms with E-state index in [0.717, 1.165) is 56.3 Å². The van der Waals surface area contributed by atoms with E-state index in [9.17, 15) is 10.1 Å². The van der Waals surface area contributed by atoms with Crippen LogP contribution in [0.5, 0.6) is 0 Å². The molecule has 2 fully saturated rings. The molecule has 2 aliphatic heterocycles. The van der Waals surface area contributed by atoms with Crippen LogP contribution in [0.25, 0.3) is 10.9 Å². The summed E-state index contributed by atoms with van der Waals surface area (Å²) in [5.41, 5.74) is 2.65. The van der Waals surface area contributed by atoms with Gasteiger partial charge in [0.1, 0.15) is 6.07 Å². The van der Waals surface area contributed by atoms with Crippen LogP contribution in [0.3, 0.4) is 0 Å². The van der Waals surface area contributed by atoms with E-state index in [-0.39, 0.29) is 5.91 Å². The average Bonchev–Trinajstić information content (AvgIpc) is 2.78. The van der Waals surface area contributed by atoms with Crippen molar-refractivity contribution >= 4 is 16.8 Å².